The lowest BCUT2D eigenvalue weighted by Crippen LogP contribution is -2.33. The van der Waals surface area contributed by atoms with E-state index in [0.29, 0.717) is 24.6 Å². The van der Waals surface area contributed by atoms with Gasteiger partial charge in [-0.1, -0.05) is 19.1 Å². The van der Waals surface area contributed by atoms with Gasteiger partial charge >= 0.3 is 0 Å². The van der Waals surface area contributed by atoms with Crippen LogP contribution in [0, 0.1) is 11.6 Å². The van der Waals surface area contributed by atoms with Gasteiger partial charge in [0.25, 0.3) is 0 Å². The maximum Gasteiger partial charge on any atom is 0.188 e. The van der Waals surface area contributed by atoms with Gasteiger partial charge in [0.15, 0.2) is 5.96 Å². The summed E-state index contributed by atoms with van der Waals surface area (Å²) in [5.74, 6) is -1.03. The molecule has 6 heteroatoms. The van der Waals surface area contributed by atoms with Crippen molar-refractivity contribution in [2.24, 2.45) is 10.7 Å². The Kier molecular flexibility index (Phi) is 6.02. The molecule has 1 aromatic carbocycles. The number of rotatable bonds is 6. The second-order valence-electron chi connectivity index (χ2n) is 5.29. The van der Waals surface area contributed by atoms with E-state index in [1.807, 2.05) is 25.1 Å². The van der Waals surface area contributed by atoms with E-state index in [0.717, 1.165) is 18.2 Å². The quantitative estimate of drug-likeness (QED) is 0.636. The van der Waals surface area contributed by atoms with Crippen molar-refractivity contribution in [2.45, 2.75) is 19.3 Å². The average Bonchev–Trinajstić information content (AvgIpc) is 2.53. The third-order valence-electron chi connectivity index (χ3n) is 3.44. The molecule has 0 saturated heterocycles. The summed E-state index contributed by atoms with van der Waals surface area (Å²) < 4.78 is 26.6. The number of halogens is 2. The molecule has 1 atom stereocenters. The molecule has 1 unspecified atom stereocenters. The van der Waals surface area contributed by atoms with Crippen molar-refractivity contribution < 1.29 is 8.78 Å². The van der Waals surface area contributed by atoms with Crippen LogP contribution in [0.25, 0.3) is 0 Å². The van der Waals surface area contributed by atoms with E-state index in [-0.39, 0.29) is 5.92 Å². The van der Waals surface area contributed by atoms with Crippen molar-refractivity contribution in [3.05, 3.63) is 65.5 Å². The van der Waals surface area contributed by atoms with E-state index in [9.17, 15) is 8.78 Å². The minimum absolute atomic E-state index is 0.188. The summed E-state index contributed by atoms with van der Waals surface area (Å²) in [6, 6.07) is 9.29. The number of nitrogens with one attached hydrogen (secondary N) is 1. The van der Waals surface area contributed by atoms with Gasteiger partial charge in [-0.3, -0.25) is 9.98 Å². The highest BCUT2D eigenvalue weighted by Crippen LogP contribution is 2.19. The number of hydrogen-bond acceptors (Lipinski definition) is 2. The van der Waals surface area contributed by atoms with Crippen LogP contribution in [-0.2, 0) is 6.42 Å². The zero-order valence-electron chi connectivity index (χ0n) is 13.0. The molecular formula is C17H20F2N4. The van der Waals surface area contributed by atoms with E-state index < -0.39 is 11.6 Å². The molecule has 0 aliphatic carbocycles. The Balaban J connectivity index is 1.81. The number of guanidine groups is 1. The van der Waals surface area contributed by atoms with Crippen molar-refractivity contribution >= 4 is 5.96 Å². The van der Waals surface area contributed by atoms with Gasteiger partial charge in [0.05, 0.1) is 0 Å². The number of aliphatic imine (C=N–C) groups is 1. The third kappa shape index (κ3) is 5.32. The van der Waals surface area contributed by atoms with E-state index in [1.165, 1.54) is 12.1 Å². The number of pyridine rings is 1. The average molecular weight is 318 g/mol. The fraction of sp³-hybridized carbons (Fsp3) is 0.294. The number of benzene rings is 1. The first-order valence-corrected chi connectivity index (χ1v) is 7.45. The van der Waals surface area contributed by atoms with Crippen LogP contribution in [0.3, 0.4) is 0 Å². The third-order valence-corrected chi connectivity index (χ3v) is 3.44. The molecule has 0 aliphatic rings. The maximum absolute atomic E-state index is 13.7. The van der Waals surface area contributed by atoms with Crippen LogP contribution < -0.4 is 11.1 Å². The van der Waals surface area contributed by atoms with E-state index >= 15 is 0 Å². The van der Waals surface area contributed by atoms with Crippen LogP contribution in [0.15, 0.2) is 47.6 Å². The fourth-order valence-corrected chi connectivity index (χ4v) is 2.16. The summed E-state index contributed by atoms with van der Waals surface area (Å²) >= 11 is 0. The van der Waals surface area contributed by atoms with Crippen molar-refractivity contribution in [3.63, 3.8) is 0 Å². The molecule has 0 saturated carbocycles. The Hall–Kier alpha value is -2.50. The normalized spacial score (nSPS) is 12.9. The minimum atomic E-state index is -0.586. The molecule has 0 fully saturated rings. The standard InChI is InChI=1S/C17H20F2N4/c1-12(15-6-5-13(18)10-16(15)19)11-23-17(20)22-9-7-14-4-2-3-8-21-14/h2-6,8,10,12H,7,9,11H2,1H3,(H3,20,22,23). The number of hydrogen-bond donors (Lipinski definition) is 2. The summed E-state index contributed by atoms with van der Waals surface area (Å²) in [5.41, 5.74) is 7.19. The molecule has 3 N–H and O–H groups in total. The molecule has 0 radical (unpaired) electrons. The predicted molar refractivity (Wildman–Crippen MR) is 87.2 cm³/mol. The molecule has 1 aromatic heterocycles. The van der Waals surface area contributed by atoms with Gasteiger partial charge in [-0.25, -0.2) is 8.78 Å². The SMILES string of the molecule is CC(CN=C(N)NCCc1ccccn1)c1ccc(F)cc1F. The molecule has 23 heavy (non-hydrogen) atoms. The topological polar surface area (TPSA) is 63.3 Å². The molecular weight excluding hydrogens is 298 g/mol. The first-order chi connectivity index (χ1) is 11.1. The number of nitrogens with two attached hydrogens (primary N) is 1. The highest BCUT2D eigenvalue weighted by molar-refractivity contribution is 5.77. The highest BCUT2D eigenvalue weighted by atomic mass is 19.1. The number of nitrogens with zero attached hydrogens (tertiary/aromatic N) is 2. The molecule has 0 aliphatic heterocycles. The summed E-state index contributed by atoms with van der Waals surface area (Å²) in [6.07, 6.45) is 2.48. The first kappa shape index (κ1) is 16.9. The zero-order chi connectivity index (χ0) is 16.7. The summed E-state index contributed by atoms with van der Waals surface area (Å²) in [4.78, 5) is 8.41. The summed E-state index contributed by atoms with van der Waals surface area (Å²) in [7, 11) is 0. The lowest BCUT2D eigenvalue weighted by atomic mass is 10.0. The predicted octanol–water partition coefficient (Wildman–Crippen LogP) is 2.61. The molecule has 1 heterocycles. The largest absolute Gasteiger partial charge is 0.370 e. The van der Waals surface area contributed by atoms with Gasteiger partial charge in [-0.2, -0.15) is 0 Å². The van der Waals surface area contributed by atoms with Gasteiger partial charge in [-0.05, 0) is 23.8 Å². The van der Waals surface area contributed by atoms with Gasteiger partial charge in [0.1, 0.15) is 11.6 Å². The van der Waals surface area contributed by atoms with E-state index in [1.54, 1.807) is 6.20 Å². The van der Waals surface area contributed by atoms with E-state index in [4.69, 9.17) is 5.73 Å². The van der Waals surface area contributed by atoms with Crippen LogP contribution in [0.1, 0.15) is 24.1 Å². The second-order valence-corrected chi connectivity index (χ2v) is 5.29. The Morgan fingerprint density at radius 2 is 2.13 bits per heavy atom. The monoisotopic (exact) mass is 318 g/mol. The Morgan fingerprint density at radius 3 is 2.83 bits per heavy atom. The smallest absolute Gasteiger partial charge is 0.188 e. The first-order valence-electron chi connectivity index (χ1n) is 7.45. The van der Waals surface area contributed by atoms with Crippen LogP contribution >= 0.6 is 0 Å². The molecule has 2 rings (SSSR count). The zero-order valence-corrected chi connectivity index (χ0v) is 13.0. The lowest BCUT2D eigenvalue weighted by molar-refractivity contribution is 0.560. The van der Waals surface area contributed by atoms with E-state index in [2.05, 4.69) is 15.3 Å². The van der Waals surface area contributed by atoms with Gasteiger partial charge in [0, 0.05) is 43.4 Å². The van der Waals surface area contributed by atoms with Gasteiger partial charge in [0.2, 0.25) is 0 Å². The number of aromatic nitrogens is 1. The van der Waals surface area contributed by atoms with Gasteiger partial charge < -0.3 is 11.1 Å². The van der Waals surface area contributed by atoms with Crippen molar-refractivity contribution in [2.75, 3.05) is 13.1 Å². The van der Waals surface area contributed by atoms with Crippen molar-refractivity contribution in [3.8, 4) is 0 Å². The Bertz CT molecular complexity index is 659. The van der Waals surface area contributed by atoms with Crippen LogP contribution in [-0.4, -0.2) is 24.0 Å². The summed E-state index contributed by atoms with van der Waals surface area (Å²) in [6.45, 7) is 2.76. The molecule has 122 valence electrons. The maximum atomic E-state index is 13.7. The molecule has 0 spiro atoms. The Morgan fingerprint density at radius 1 is 1.30 bits per heavy atom. The van der Waals surface area contributed by atoms with Crippen molar-refractivity contribution in [1.82, 2.24) is 10.3 Å². The molecule has 0 bridgehead atoms. The van der Waals surface area contributed by atoms with Gasteiger partial charge in [-0.15, -0.1) is 0 Å². The van der Waals surface area contributed by atoms with Crippen molar-refractivity contribution in [1.29, 1.82) is 0 Å². The molecule has 4 nitrogen and oxygen atoms in total. The lowest BCUT2D eigenvalue weighted by Gasteiger charge is -2.11. The van der Waals surface area contributed by atoms with Crippen LogP contribution in [0.4, 0.5) is 8.78 Å². The van der Waals surface area contributed by atoms with Crippen LogP contribution in [0.5, 0.6) is 0 Å². The summed E-state index contributed by atoms with van der Waals surface area (Å²) in [5, 5.41) is 3.00. The second kappa shape index (κ2) is 8.22. The highest BCUT2D eigenvalue weighted by Gasteiger charge is 2.11. The fourth-order valence-electron chi connectivity index (χ4n) is 2.16. The molecule has 2 aromatic rings. The molecule has 0 amide bonds. The minimum Gasteiger partial charge on any atom is -0.370 e. The van der Waals surface area contributed by atoms with Crippen LogP contribution in [0.2, 0.25) is 0 Å². The Labute approximate surface area is 134 Å².